The van der Waals surface area contributed by atoms with E-state index in [-0.39, 0.29) is 26.0 Å². The highest BCUT2D eigenvalue weighted by atomic mass is 35.5. The van der Waals surface area contributed by atoms with Crippen molar-refractivity contribution in [1.82, 2.24) is 9.62 Å². The van der Waals surface area contributed by atoms with Gasteiger partial charge in [-0.15, -0.1) is 0 Å². The third-order valence-electron chi connectivity index (χ3n) is 3.60. The molecule has 8 heteroatoms. The Balaban J connectivity index is 2.08. The van der Waals surface area contributed by atoms with Crippen molar-refractivity contribution in [2.24, 2.45) is 0 Å². The Morgan fingerprint density at radius 2 is 1.68 bits per heavy atom. The molecule has 4 nitrogen and oxygen atoms in total. The van der Waals surface area contributed by atoms with Gasteiger partial charge in [0.05, 0.1) is 15.1 Å². The zero-order chi connectivity index (χ0) is 16.3. The van der Waals surface area contributed by atoms with Crippen molar-refractivity contribution in [3.05, 3.63) is 27.2 Å². The molecule has 1 aliphatic heterocycles. The maximum atomic E-state index is 12.5. The number of nitrogens with zero attached hydrogens (tertiary/aromatic N) is 1. The largest absolute Gasteiger partial charge is 0.302 e. The minimum absolute atomic E-state index is 0.0472. The van der Waals surface area contributed by atoms with Gasteiger partial charge in [0.1, 0.15) is 4.90 Å². The highest BCUT2D eigenvalue weighted by Gasteiger charge is 2.23. The molecule has 0 radical (unpaired) electrons. The van der Waals surface area contributed by atoms with Crippen LogP contribution in [-0.4, -0.2) is 39.0 Å². The molecule has 0 aliphatic carbocycles. The van der Waals surface area contributed by atoms with Crippen LogP contribution in [0.25, 0.3) is 0 Å². The van der Waals surface area contributed by atoms with Gasteiger partial charge in [-0.25, -0.2) is 13.1 Å². The lowest BCUT2D eigenvalue weighted by molar-refractivity contribution is 0.215. The topological polar surface area (TPSA) is 49.4 Å². The Kier molecular flexibility index (Phi) is 6.39. The summed E-state index contributed by atoms with van der Waals surface area (Å²) >= 11 is 17.7. The molecule has 1 aliphatic rings. The van der Waals surface area contributed by atoms with Gasteiger partial charge in [-0.05, 0) is 45.0 Å². The molecule has 1 aromatic carbocycles. The fourth-order valence-electron chi connectivity index (χ4n) is 2.61. The first kappa shape index (κ1) is 18.3. The monoisotopic (exact) mass is 384 g/mol. The van der Waals surface area contributed by atoms with Gasteiger partial charge in [0.2, 0.25) is 10.0 Å². The standard InChI is InChI=1S/C14H19Cl3N2O2S/c1-10(9-19-5-3-2-4-6-19)18-22(20,21)14-8-12(16)11(15)7-13(14)17/h7-8,10,18H,2-6,9H2,1H3. The highest BCUT2D eigenvalue weighted by molar-refractivity contribution is 7.89. The number of sulfonamides is 1. The van der Waals surface area contributed by atoms with Crippen LogP contribution in [0.15, 0.2) is 17.0 Å². The van der Waals surface area contributed by atoms with Crippen LogP contribution in [-0.2, 0) is 10.0 Å². The summed E-state index contributed by atoms with van der Waals surface area (Å²) in [5, 5.41) is 0.453. The Morgan fingerprint density at radius 3 is 2.32 bits per heavy atom. The van der Waals surface area contributed by atoms with Crippen molar-refractivity contribution >= 4 is 44.8 Å². The maximum absolute atomic E-state index is 12.5. The molecule has 0 saturated carbocycles. The predicted molar refractivity (Wildman–Crippen MR) is 91.5 cm³/mol. The molecule has 124 valence electrons. The Labute approximate surface area is 146 Å². The van der Waals surface area contributed by atoms with E-state index in [1.807, 2.05) is 6.92 Å². The first-order valence-corrected chi connectivity index (χ1v) is 9.80. The molecule has 22 heavy (non-hydrogen) atoms. The number of halogens is 3. The van der Waals surface area contributed by atoms with Crippen molar-refractivity contribution < 1.29 is 8.42 Å². The molecule has 0 amide bonds. The number of hydrogen-bond acceptors (Lipinski definition) is 3. The second-order valence-electron chi connectivity index (χ2n) is 5.58. The molecule has 1 N–H and O–H groups in total. The maximum Gasteiger partial charge on any atom is 0.242 e. The predicted octanol–water partition coefficient (Wildman–Crippen LogP) is 3.80. The molecule has 1 saturated heterocycles. The summed E-state index contributed by atoms with van der Waals surface area (Å²) in [6, 6.07) is 2.41. The average molecular weight is 386 g/mol. The van der Waals surface area contributed by atoms with E-state index in [1.165, 1.54) is 18.6 Å². The summed E-state index contributed by atoms with van der Waals surface area (Å²) in [5.74, 6) is 0. The quantitative estimate of drug-likeness (QED) is 0.784. The fourth-order valence-corrected chi connectivity index (χ4v) is 4.84. The summed E-state index contributed by atoms with van der Waals surface area (Å²) in [7, 11) is -3.73. The van der Waals surface area contributed by atoms with Crippen molar-refractivity contribution in [2.75, 3.05) is 19.6 Å². The van der Waals surface area contributed by atoms with Crippen LogP contribution in [0.1, 0.15) is 26.2 Å². The molecule has 1 heterocycles. The van der Waals surface area contributed by atoms with Gasteiger partial charge in [0, 0.05) is 12.6 Å². The number of piperidine rings is 1. The highest BCUT2D eigenvalue weighted by Crippen LogP contribution is 2.31. The Bertz CT molecular complexity index is 631. The molecular weight excluding hydrogens is 367 g/mol. The Morgan fingerprint density at radius 1 is 1.09 bits per heavy atom. The zero-order valence-corrected chi connectivity index (χ0v) is 15.4. The molecule has 1 fully saturated rings. The first-order chi connectivity index (χ1) is 10.3. The van der Waals surface area contributed by atoms with E-state index >= 15 is 0 Å². The fraction of sp³-hybridized carbons (Fsp3) is 0.571. The summed E-state index contributed by atoms with van der Waals surface area (Å²) in [6.45, 7) is 4.55. The number of hydrogen-bond donors (Lipinski definition) is 1. The molecule has 1 atom stereocenters. The van der Waals surface area contributed by atoms with Crippen molar-refractivity contribution in [1.29, 1.82) is 0 Å². The van der Waals surface area contributed by atoms with E-state index in [9.17, 15) is 8.42 Å². The number of rotatable bonds is 5. The van der Waals surface area contributed by atoms with E-state index in [0.29, 0.717) is 6.54 Å². The van der Waals surface area contributed by atoms with Crippen LogP contribution in [0.2, 0.25) is 15.1 Å². The molecule has 0 spiro atoms. The van der Waals surface area contributed by atoms with Crippen LogP contribution in [0.4, 0.5) is 0 Å². The lowest BCUT2D eigenvalue weighted by Crippen LogP contribution is -2.43. The van der Waals surface area contributed by atoms with Gasteiger partial charge in [-0.2, -0.15) is 0 Å². The lowest BCUT2D eigenvalue weighted by Gasteiger charge is -2.29. The summed E-state index contributed by atoms with van der Waals surface area (Å²) < 4.78 is 27.6. The van der Waals surface area contributed by atoms with Gasteiger partial charge in [-0.3, -0.25) is 0 Å². The smallest absolute Gasteiger partial charge is 0.242 e. The van der Waals surface area contributed by atoms with Crippen molar-refractivity contribution in [2.45, 2.75) is 37.1 Å². The normalized spacial score (nSPS) is 18.4. The van der Waals surface area contributed by atoms with Crippen LogP contribution in [0, 0.1) is 0 Å². The third-order valence-corrected chi connectivity index (χ3v) is 6.38. The molecule has 1 aromatic rings. The molecule has 0 bridgehead atoms. The van der Waals surface area contributed by atoms with Gasteiger partial charge >= 0.3 is 0 Å². The van der Waals surface area contributed by atoms with E-state index < -0.39 is 10.0 Å². The molecule has 2 rings (SSSR count). The molecule has 0 aromatic heterocycles. The minimum Gasteiger partial charge on any atom is -0.302 e. The summed E-state index contributed by atoms with van der Waals surface area (Å²) in [6.07, 6.45) is 3.58. The van der Waals surface area contributed by atoms with Crippen LogP contribution in [0.3, 0.4) is 0 Å². The summed E-state index contributed by atoms with van der Waals surface area (Å²) in [5.41, 5.74) is 0. The van der Waals surface area contributed by atoms with Crippen LogP contribution < -0.4 is 4.72 Å². The van der Waals surface area contributed by atoms with Gasteiger partial charge in [0.25, 0.3) is 0 Å². The van der Waals surface area contributed by atoms with E-state index in [4.69, 9.17) is 34.8 Å². The first-order valence-electron chi connectivity index (χ1n) is 7.19. The molecular formula is C14H19Cl3N2O2S. The zero-order valence-electron chi connectivity index (χ0n) is 12.3. The summed E-state index contributed by atoms with van der Waals surface area (Å²) in [4.78, 5) is 2.22. The lowest BCUT2D eigenvalue weighted by atomic mass is 10.1. The van der Waals surface area contributed by atoms with E-state index in [2.05, 4.69) is 9.62 Å². The van der Waals surface area contributed by atoms with Crippen LogP contribution >= 0.6 is 34.8 Å². The van der Waals surface area contributed by atoms with Gasteiger partial charge in [-0.1, -0.05) is 41.2 Å². The minimum atomic E-state index is -3.73. The van der Waals surface area contributed by atoms with Gasteiger partial charge < -0.3 is 4.90 Å². The van der Waals surface area contributed by atoms with E-state index in [1.54, 1.807) is 0 Å². The average Bonchev–Trinajstić information content (AvgIpc) is 2.43. The second-order valence-corrected chi connectivity index (χ2v) is 8.48. The molecule has 1 unspecified atom stereocenters. The van der Waals surface area contributed by atoms with Crippen molar-refractivity contribution in [3.8, 4) is 0 Å². The van der Waals surface area contributed by atoms with Crippen LogP contribution in [0.5, 0.6) is 0 Å². The van der Waals surface area contributed by atoms with Gasteiger partial charge in [0.15, 0.2) is 0 Å². The second kappa shape index (κ2) is 7.69. The SMILES string of the molecule is CC(CN1CCCCC1)NS(=O)(=O)c1cc(Cl)c(Cl)cc1Cl. The number of benzene rings is 1. The number of likely N-dealkylation sites (tertiary alicyclic amines) is 1. The Hall–Kier alpha value is -0.0400. The third kappa shape index (κ3) is 4.73. The van der Waals surface area contributed by atoms with E-state index in [0.717, 1.165) is 25.9 Å². The van der Waals surface area contributed by atoms with Crippen molar-refractivity contribution in [3.63, 3.8) is 0 Å². The number of nitrogens with one attached hydrogen (secondary N) is 1.